The molecule has 0 atom stereocenters. The Bertz CT molecular complexity index is 387. The first-order chi connectivity index (χ1) is 14.5. The lowest BCUT2D eigenvalue weighted by Gasteiger charge is -2.31. The highest BCUT2D eigenvalue weighted by atomic mass is 16.5. The van der Waals surface area contributed by atoms with E-state index in [1.54, 1.807) is 0 Å². The molecule has 0 aromatic rings. The van der Waals surface area contributed by atoms with Gasteiger partial charge in [-0.1, -0.05) is 98.3 Å². The molecule has 0 aliphatic heterocycles. The van der Waals surface area contributed by atoms with Gasteiger partial charge in [0, 0.05) is 18.3 Å². The first-order valence-electron chi connectivity index (χ1n) is 12.8. The highest BCUT2D eigenvalue weighted by Crippen LogP contribution is 2.30. The molecular weight excluding hydrogens is 376 g/mol. The van der Waals surface area contributed by atoms with Crippen molar-refractivity contribution < 1.29 is 19.1 Å². The van der Waals surface area contributed by atoms with Crippen LogP contribution in [0.3, 0.4) is 0 Å². The maximum Gasteiger partial charge on any atom is 0.305 e. The zero-order valence-corrected chi connectivity index (χ0v) is 20.6. The van der Waals surface area contributed by atoms with E-state index in [1.807, 2.05) is 0 Å². The molecule has 0 amide bonds. The van der Waals surface area contributed by atoms with Gasteiger partial charge in [0.05, 0.1) is 0 Å². The van der Waals surface area contributed by atoms with Gasteiger partial charge in [-0.25, -0.2) is 0 Å². The van der Waals surface area contributed by atoms with E-state index in [1.165, 1.54) is 51.4 Å². The van der Waals surface area contributed by atoms with E-state index in [0.717, 1.165) is 44.9 Å². The molecule has 0 spiro atoms. The van der Waals surface area contributed by atoms with Crippen molar-refractivity contribution >= 4 is 11.9 Å². The van der Waals surface area contributed by atoms with Crippen LogP contribution < -0.4 is 0 Å². The standard InChI is InChI=1S/C26H50O4/c1-5-9-11-13-15-17-19-24(27)29-22-26(8-4,21-7-3)23-30-25(28)20-18-16-14-12-10-6-2/h5-23H2,1-4H3. The second-order valence-corrected chi connectivity index (χ2v) is 8.96. The Morgan fingerprint density at radius 1 is 0.567 bits per heavy atom. The molecule has 178 valence electrons. The van der Waals surface area contributed by atoms with Crippen molar-refractivity contribution in [3.63, 3.8) is 0 Å². The second kappa shape index (κ2) is 19.9. The zero-order valence-electron chi connectivity index (χ0n) is 20.6. The molecule has 0 aliphatic carbocycles. The Labute approximate surface area is 186 Å². The molecule has 0 fully saturated rings. The summed E-state index contributed by atoms with van der Waals surface area (Å²) in [5.41, 5.74) is -0.248. The molecule has 0 bridgehead atoms. The quantitative estimate of drug-likeness (QED) is 0.139. The number of carbonyl (C=O) groups excluding carboxylic acids is 2. The van der Waals surface area contributed by atoms with E-state index in [-0.39, 0.29) is 17.4 Å². The average molecular weight is 427 g/mol. The largest absolute Gasteiger partial charge is 0.465 e. The van der Waals surface area contributed by atoms with Gasteiger partial charge in [-0.3, -0.25) is 9.59 Å². The SMILES string of the molecule is CCCCCCCCC(=O)OCC(CC)(CCC)COC(=O)CCCCCCCC. The molecule has 30 heavy (non-hydrogen) atoms. The lowest BCUT2D eigenvalue weighted by Crippen LogP contribution is -2.34. The lowest BCUT2D eigenvalue weighted by molar-refractivity contribution is -0.155. The van der Waals surface area contributed by atoms with Crippen molar-refractivity contribution in [3.05, 3.63) is 0 Å². The Kier molecular flexibility index (Phi) is 19.2. The van der Waals surface area contributed by atoms with Gasteiger partial charge in [0.1, 0.15) is 13.2 Å². The minimum absolute atomic E-state index is 0.113. The number of esters is 2. The normalized spacial score (nSPS) is 11.5. The first kappa shape index (κ1) is 28.9. The van der Waals surface area contributed by atoms with Crippen LogP contribution in [0, 0.1) is 5.41 Å². The summed E-state index contributed by atoms with van der Waals surface area (Å²) in [7, 11) is 0. The van der Waals surface area contributed by atoms with E-state index in [4.69, 9.17) is 9.47 Å². The number of ether oxygens (including phenoxy) is 2. The van der Waals surface area contributed by atoms with Crippen LogP contribution in [0.1, 0.15) is 137 Å². The second-order valence-electron chi connectivity index (χ2n) is 8.96. The molecular formula is C26H50O4. The summed E-state index contributed by atoms with van der Waals surface area (Å²) in [5.74, 6) is -0.226. The fourth-order valence-corrected chi connectivity index (χ4v) is 3.81. The van der Waals surface area contributed by atoms with Crippen molar-refractivity contribution in [2.24, 2.45) is 5.41 Å². The van der Waals surface area contributed by atoms with E-state index in [0.29, 0.717) is 26.1 Å². The van der Waals surface area contributed by atoms with Gasteiger partial charge < -0.3 is 9.47 Å². The number of rotatable bonds is 21. The predicted octanol–water partition coefficient (Wildman–Crippen LogP) is 7.77. The number of hydrogen-bond donors (Lipinski definition) is 0. The fraction of sp³-hybridized carbons (Fsp3) is 0.923. The molecule has 0 unspecified atom stereocenters. The minimum atomic E-state index is -0.248. The van der Waals surface area contributed by atoms with Gasteiger partial charge in [0.2, 0.25) is 0 Å². The summed E-state index contributed by atoms with van der Waals surface area (Å²) in [6.07, 6.45) is 17.7. The van der Waals surface area contributed by atoms with Crippen LogP contribution in [0.25, 0.3) is 0 Å². The first-order valence-corrected chi connectivity index (χ1v) is 12.8. The molecule has 0 aromatic carbocycles. The zero-order chi connectivity index (χ0) is 22.5. The molecule has 0 N–H and O–H groups in total. The highest BCUT2D eigenvalue weighted by molar-refractivity contribution is 5.69. The van der Waals surface area contributed by atoms with Crippen molar-refractivity contribution in [2.45, 2.75) is 137 Å². The third-order valence-electron chi connectivity index (χ3n) is 6.08. The van der Waals surface area contributed by atoms with Crippen LogP contribution in [0.5, 0.6) is 0 Å². The molecule has 0 heterocycles. The summed E-state index contributed by atoms with van der Waals surface area (Å²) < 4.78 is 11.2. The predicted molar refractivity (Wildman–Crippen MR) is 126 cm³/mol. The smallest absolute Gasteiger partial charge is 0.305 e. The summed E-state index contributed by atoms with van der Waals surface area (Å²) in [6, 6.07) is 0. The van der Waals surface area contributed by atoms with Gasteiger partial charge in [0.25, 0.3) is 0 Å². The van der Waals surface area contributed by atoms with E-state index >= 15 is 0 Å². The van der Waals surface area contributed by atoms with Crippen LogP contribution in [0.15, 0.2) is 0 Å². The van der Waals surface area contributed by atoms with Crippen molar-refractivity contribution in [1.82, 2.24) is 0 Å². The number of hydrogen-bond acceptors (Lipinski definition) is 4. The number of unbranched alkanes of at least 4 members (excludes halogenated alkanes) is 10. The van der Waals surface area contributed by atoms with E-state index < -0.39 is 0 Å². The highest BCUT2D eigenvalue weighted by Gasteiger charge is 2.31. The summed E-state index contributed by atoms with van der Waals surface area (Å²) in [6.45, 7) is 9.35. The van der Waals surface area contributed by atoms with Crippen LogP contribution >= 0.6 is 0 Å². The summed E-state index contributed by atoms with van der Waals surface area (Å²) >= 11 is 0. The van der Waals surface area contributed by atoms with Crippen LogP contribution in [-0.2, 0) is 19.1 Å². The minimum Gasteiger partial charge on any atom is -0.465 e. The van der Waals surface area contributed by atoms with Crippen LogP contribution in [0.2, 0.25) is 0 Å². The maximum atomic E-state index is 12.2. The summed E-state index contributed by atoms with van der Waals surface area (Å²) in [4.78, 5) is 24.3. The Morgan fingerprint density at radius 3 is 1.33 bits per heavy atom. The monoisotopic (exact) mass is 426 g/mol. The van der Waals surface area contributed by atoms with Gasteiger partial charge in [0.15, 0.2) is 0 Å². The lowest BCUT2D eigenvalue weighted by atomic mass is 9.82. The van der Waals surface area contributed by atoms with Gasteiger partial charge in [-0.15, -0.1) is 0 Å². The molecule has 0 radical (unpaired) electrons. The Hall–Kier alpha value is -1.06. The average Bonchev–Trinajstić information content (AvgIpc) is 2.75. The third-order valence-corrected chi connectivity index (χ3v) is 6.08. The Morgan fingerprint density at radius 2 is 0.967 bits per heavy atom. The molecule has 0 rings (SSSR count). The molecule has 0 saturated carbocycles. The summed E-state index contributed by atoms with van der Waals surface area (Å²) in [5, 5.41) is 0. The molecule has 0 aliphatic rings. The molecule has 4 heteroatoms. The molecule has 0 saturated heterocycles. The van der Waals surface area contributed by atoms with Crippen LogP contribution in [-0.4, -0.2) is 25.2 Å². The van der Waals surface area contributed by atoms with E-state index in [2.05, 4.69) is 27.7 Å². The molecule has 4 nitrogen and oxygen atoms in total. The van der Waals surface area contributed by atoms with Crippen LogP contribution in [0.4, 0.5) is 0 Å². The fourth-order valence-electron chi connectivity index (χ4n) is 3.81. The Balaban J connectivity index is 4.20. The van der Waals surface area contributed by atoms with Gasteiger partial charge >= 0.3 is 11.9 Å². The number of carbonyl (C=O) groups is 2. The van der Waals surface area contributed by atoms with Crippen molar-refractivity contribution in [3.8, 4) is 0 Å². The van der Waals surface area contributed by atoms with Crippen molar-refractivity contribution in [1.29, 1.82) is 0 Å². The third kappa shape index (κ3) is 15.7. The van der Waals surface area contributed by atoms with E-state index in [9.17, 15) is 9.59 Å². The van der Waals surface area contributed by atoms with Crippen molar-refractivity contribution in [2.75, 3.05) is 13.2 Å². The van der Waals surface area contributed by atoms with Gasteiger partial charge in [-0.2, -0.15) is 0 Å². The molecule has 0 aromatic heterocycles. The maximum absolute atomic E-state index is 12.2. The topological polar surface area (TPSA) is 52.6 Å². The van der Waals surface area contributed by atoms with Gasteiger partial charge in [-0.05, 0) is 25.7 Å².